The quantitative estimate of drug-likeness (QED) is 0.732. The standard InChI is InChI=1S/C18H15ClN2O2S/c1-11-2-4-12(5-3-11)18-21-14(10-24-18)9-23-16-7-6-13(19)8-15(16)17(20)22/h2-8,10H,9H2,1H3,(H2,20,22). The molecule has 6 heteroatoms. The molecular formula is C18H15ClN2O2S. The van der Waals surface area contributed by atoms with E-state index in [1.165, 1.54) is 11.6 Å². The number of amides is 1. The van der Waals surface area contributed by atoms with Crippen LogP contribution in [0.15, 0.2) is 47.8 Å². The highest BCUT2D eigenvalue weighted by Gasteiger charge is 2.11. The van der Waals surface area contributed by atoms with Crippen molar-refractivity contribution in [1.82, 2.24) is 4.98 Å². The first-order valence-corrected chi connectivity index (χ1v) is 8.52. The molecule has 0 bridgehead atoms. The van der Waals surface area contributed by atoms with Crippen LogP contribution in [0.2, 0.25) is 5.02 Å². The van der Waals surface area contributed by atoms with Gasteiger partial charge in [0.1, 0.15) is 17.4 Å². The van der Waals surface area contributed by atoms with Gasteiger partial charge in [-0.05, 0) is 25.1 Å². The number of hydrogen-bond donors (Lipinski definition) is 1. The van der Waals surface area contributed by atoms with Crippen LogP contribution in [-0.2, 0) is 6.61 Å². The van der Waals surface area contributed by atoms with Gasteiger partial charge in [-0.3, -0.25) is 4.79 Å². The molecule has 1 heterocycles. The van der Waals surface area contributed by atoms with E-state index >= 15 is 0 Å². The molecule has 24 heavy (non-hydrogen) atoms. The molecule has 2 aromatic carbocycles. The third kappa shape index (κ3) is 3.75. The lowest BCUT2D eigenvalue weighted by molar-refractivity contribution is 0.0996. The molecule has 0 spiro atoms. The summed E-state index contributed by atoms with van der Waals surface area (Å²) in [6.07, 6.45) is 0. The second-order valence-corrected chi connectivity index (χ2v) is 6.60. The Kier molecular flexibility index (Phi) is 4.83. The van der Waals surface area contributed by atoms with Gasteiger partial charge >= 0.3 is 0 Å². The van der Waals surface area contributed by atoms with E-state index in [-0.39, 0.29) is 12.2 Å². The first-order valence-electron chi connectivity index (χ1n) is 7.26. The molecule has 4 nitrogen and oxygen atoms in total. The van der Waals surface area contributed by atoms with Crippen molar-refractivity contribution in [1.29, 1.82) is 0 Å². The summed E-state index contributed by atoms with van der Waals surface area (Å²) >= 11 is 7.44. The molecule has 0 aliphatic heterocycles. The molecule has 2 N–H and O–H groups in total. The zero-order chi connectivity index (χ0) is 17.1. The van der Waals surface area contributed by atoms with Crippen LogP contribution in [0.1, 0.15) is 21.6 Å². The molecule has 0 aliphatic carbocycles. The van der Waals surface area contributed by atoms with Crippen molar-refractivity contribution in [2.45, 2.75) is 13.5 Å². The zero-order valence-electron chi connectivity index (χ0n) is 13.0. The second-order valence-electron chi connectivity index (χ2n) is 5.30. The lowest BCUT2D eigenvalue weighted by Gasteiger charge is -2.08. The molecule has 1 amide bonds. The molecule has 122 valence electrons. The van der Waals surface area contributed by atoms with Gasteiger partial charge in [0.05, 0.1) is 11.3 Å². The molecule has 0 aliphatic rings. The zero-order valence-corrected chi connectivity index (χ0v) is 14.5. The molecular weight excluding hydrogens is 344 g/mol. The highest BCUT2D eigenvalue weighted by molar-refractivity contribution is 7.13. The third-order valence-electron chi connectivity index (χ3n) is 3.43. The molecule has 0 saturated heterocycles. The van der Waals surface area contributed by atoms with Gasteiger partial charge in [0.15, 0.2) is 0 Å². The average Bonchev–Trinajstić information content (AvgIpc) is 3.03. The number of carbonyl (C=O) groups is 1. The molecule has 3 aromatic rings. The highest BCUT2D eigenvalue weighted by atomic mass is 35.5. The fraction of sp³-hybridized carbons (Fsp3) is 0.111. The van der Waals surface area contributed by atoms with Crippen molar-refractivity contribution >= 4 is 28.8 Å². The van der Waals surface area contributed by atoms with Crippen molar-refractivity contribution in [3.05, 3.63) is 69.7 Å². The Morgan fingerprint density at radius 1 is 1.25 bits per heavy atom. The van der Waals surface area contributed by atoms with Crippen molar-refractivity contribution in [2.24, 2.45) is 5.73 Å². The minimum absolute atomic E-state index is 0.254. The van der Waals surface area contributed by atoms with Crippen molar-refractivity contribution in [3.8, 4) is 16.3 Å². The molecule has 0 atom stereocenters. The summed E-state index contributed by atoms with van der Waals surface area (Å²) in [6, 6.07) is 13.0. The van der Waals surface area contributed by atoms with Crippen LogP contribution in [0.3, 0.4) is 0 Å². The summed E-state index contributed by atoms with van der Waals surface area (Å²) in [7, 11) is 0. The van der Waals surface area contributed by atoms with E-state index in [2.05, 4.69) is 17.1 Å². The van der Waals surface area contributed by atoms with Gasteiger partial charge < -0.3 is 10.5 Å². The maximum atomic E-state index is 11.5. The fourth-order valence-electron chi connectivity index (χ4n) is 2.17. The summed E-state index contributed by atoms with van der Waals surface area (Å²) in [5.74, 6) is -0.178. The van der Waals surface area contributed by atoms with E-state index in [1.54, 1.807) is 23.5 Å². The van der Waals surface area contributed by atoms with Crippen LogP contribution >= 0.6 is 22.9 Å². The molecule has 0 unspecified atom stereocenters. The first-order chi connectivity index (χ1) is 11.5. The van der Waals surface area contributed by atoms with Gasteiger partial charge in [0.2, 0.25) is 0 Å². The Morgan fingerprint density at radius 2 is 2.00 bits per heavy atom. The van der Waals surface area contributed by atoms with Crippen LogP contribution in [0.25, 0.3) is 10.6 Å². The van der Waals surface area contributed by atoms with Gasteiger partial charge in [-0.15, -0.1) is 11.3 Å². The maximum absolute atomic E-state index is 11.5. The Labute approximate surface area is 148 Å². The minimum atomic E-state index is -0.578. The highest BCUT2D eigenvalue weighted by Crippen LogP contribution is 2.26. The topological polar surface area (TPSA) is 65.2 Å². The lowest BCUT2D eigenvalue weighted by Crippen LogP contribution is -2.13. The number of ether oxygens (including phenoxy) is 1. The summed E-state index contributed by atoms with van der Waals surface area (Å²) in [5.41, 5.74) is 8.69. The fourth-order valence-corrected chi connectivity index (χ4v) is 3.16. The number of benzene rings is 2. The molecule has 0 saturated carbocycles. The van der Waals surface area contributed by atoms with Crippen LogP contribution in [-0.4, -0.2) is 10.9 Å². The predicted octanol–water partition coefficient (Wildman–Crippen LogP) is 4.45. The van der Waals surface area contributed by atoms with Gasteiger partial charge in [-0.2, -0.15) is 0 Å². The number of rotatable bonds is 5. The van der Waals surface area contributed by atoms with Crippen molar-refractivity contribution < 1.29 is 9.53 Å². The minimum Gasteiger partial charge on any atom is -0.486 e. The van der Waals surface area contributed by atoms with Gasteiger partial charge in [0.25, 0.3) is 5.91 Å². The molecule has 0 fully saturated rings. The van der Waals surface area contributed by atoms with E-state index in [0.717, 1.165) is 16.3 Å². The number of halogens is 1. The number of thiazole rings is 1. The molecule has 0 radical (unpaired) electrons. The SMILES string of the molecule is Cc1ccc(-c2nc(COc3ccc(Cl)cc3C(N)=O)cs2)cc1. The summed E-state index contributed by atoms with van der Waals surface area (Å²) < 4.78 is 5.69. The van der Waals surface area contributed by atoms with Crippen LogP contribution in [0.5, 0.6) is 5.75 Å². The average molecular weight is 359 g/mol. The molecule has 1 aromatic heterocycles. The van der Waals surface area contributed by atoms with Gasteiger partial charge in [-0.25, -0.2) is 4.98 Å². The third-order valence-corrected chi connectivity index (χ3v) is 4.61. The second kappa shape index (κ2) is 7.03. The Morgan fingerprint density at radius 3 is 2.71 bits per heavy atom. The number of hydrogen-bond acceptors (Lipinski definition) is 4. The summed E-state index contributed by atoms with van der Waals surface area (Å²) in [4.78, 5) is 16.0. The van der Waals surface area contributed by atoms with Crippen molar-refractivity contribution in [3.63, 3.8) is 0 Å². The number of aromatic nitrogens is 1. The van der Waals surface area contributed by atoms with Crippen LogP contribution < -0.4 is 10.5 Å². The van der Waals surface area contributed by atoms with E-state index < -0.39 is 5.91 Å². The smallest absolute Gasteiger partial charge is 0.252 e. The maximum Gasteiger partial charge on any atom is 0.252 e. The largest absolute Gasteiger partial charge is 0.486 e. The normalized spacial score (nSPS) is 10.6. The van der Waals surface area contributed by atoms with Crippen LogP contribution in [0.4, 0.5) is 0 Å². The summed E-state index contributed by atoms with van der Waals surface area (Å²) in [6.45, 7) is 2.30. The number of nitrogens with zero attached hydrogens (tertiary/aromatic N) is 1. The van der Waals surface area contributed by atoms with Gasteiger partial charge in [0, 0.05) is 16.0 Å². The number of aryl methyl sites for hydroxylation is 1. The number of carbonyl (C=O) groups excluding carboxylic acids is 1. The van der Waals surface area contributed by atoms with Gasteiger partial charge in [-0.1, -0.05) is 41.4 Å². The number of primary amides is 1. The lowest BCUT2D eigenvalue weighted by atomic mass is 10.2. The Bertz CT molecular complexity index is 875. The van der Waals surface area contributed by atoms with E-state index in [1.807, 2.05) is 24.4 Å². The number of nitrogens with two attached hydrogens (primary N) is 1. The Balaban J connectivity index is 1.74. The van der Waals surface area contributed by atoms with Crippen LogP contribution in [0, 0.1) is 6.92 Å². The predicted molar refractivity (Wildman–Crippen MR) is 96.6 cm³/mol. The first kappa shape index (κ1) is 16.5. The van der Waals surface area contributed by atoms with E-state index in [9.17, 15) is 4.79 Å². The monoisotopic (exact) mass is 358 g/mol. The van der Waals surface area contributed by atoms with E-state index in [4.69, 9.17) is 22.1 Å². The Hall–Kier alpha value is -2.37. The van der Waals surface area contributed by atoms with E-state index in [0.29, 0.717) is 10.8 Å². The summed E-state index contributed by atoms with van der Waals surface area (Å²) in [5, 5.41) is 3.31. The van der Waals surface area contributed by atoms with Crippen molar-refractivity contribution in [2.75, 3.05) is 0 Å². The molecule has 3 rings (SSSR count).